The Morgan fingerprint density at radius 3 is 2.43 bits per heavy atom. The van der Waals surface area contributed by atoms with E-state index in [0.29, 0.717) is 0 Å². The van der Waals surface area contributed by atoms with E-state index in [9.17, 15) is 18.5 Å². The summed E-state index contributed by atoms with van der Waals surface area (Å²) in [7, 11) is -3.91. The second kappa shape index (κ2) is 5.73. The van der Waals surface area contributed by atoms with Gasteiger partial charge in [0.05, 0.1) is 4.92 Å². The van der Waals surface area contributed by atoms with Gasteiger partial charge in [-0.05, 0) is 24.3 Å². The van der Waals surface area contributed by atoms with Crippen LogP contribution < -0.4 is 16.0 Å². The lowest BCUT2D eigenvalue weighted by atomic mass is 10.3. The van der Waals surface area contributed by atoms with Gasteiger partial charge in [-0.3, -0.25) is 14.8 Å². The topological polar surface area (TPSA) is 140 Å². The van der Waals surface area contributed by atoms with Gasteiger partial charge in [0, 0.05) is 24.0 Å². The van der Waals surface area contributed by atoms with Gasteiger partial charge in [0.2, 0.25) is 0 Å². The number of non-ortho nitro benzene ring substituents is 1. The van der Waals surface area contributed by atoms with E-state index in [2.05, 4.69) is 15.1 Å². The molecule has 0 atom stereocenters. The first-order valence-electron chi connectivity index (χ1n) is 5.63. The molecule has 0 aliphatic heterocycles. The van der Waals surface area contributed by atoms with E-state index in [1.807, 2.05) is 0 Å². The molecule has 0 radical (unpaired) electrons. The lowest BCUT2D eigenvalue weighted by Gasteiger charge is -2.10. The van der Waals surface area contributed by atoms with E-state index in [0.717, 1.165) is 0 Å². The first-order valence-corrected chi connectivity index (χ1v) is 7.11. The third kappa shape index (κ3) is 3.24. The zero-order chi connectivity index (χ0) is 15.5. The SMILES string of the molecule is NNc1ncccc1S(=O)(=O)Nc1ccc([N+](=O)[O-])cc1. The van der Waals surface area contributed by atoms with E-state index in [4.69, 9.17) is 5.84 Å². The van der Waals surface area contributed by atoms with Crippen LogP contribution in [0.25, 0.3) is 0 Å². The summed E-state index contributed by atoms with van der Waals surface area (Å²) >= 11 is 0. The van der Waals surface area contributed by atoms with Crippen molar-refractivity contribution < 1.29 is 13.3 Å². The molecule has 0 bridgehead atoms. The maximum absolute atomic E-state index is 12.2. The van der Waals surface area contributed by atoms with Crippen LogP contribution in [0.3, 0.4) is 0 Å². The summed E-state index contributed by atoms with van der Waals surface area (Å²) in [6.45, 7) is 0. The van der Waals surface area contributed by atoms with Gasteiger partial charge in [-0.25, -0.2) is 19.2 Å². The Balaban J connectivity index is 2.31. The van der Waals surface area contributed by atoms with Crippen molar-refractivity contribution in [3.8, 4) is 0 Å². The number of benzene rings is 1. The number of nitrogens with two attached hydrogens (primary N) is 1. The normalized spacial score (nSPS) is 10.9. The third-order valence-electron chi connectivity index (χ3n) is 2.53. The maximum Gasteiger partial charge on any atom is 0.269 e. The molecule has 0 aliphatic carbocycles. The fourth-order valence-electron chi connectivity index (χ4n) is 1.58. The number of pyridine rings is 1. The molecule has 0 fully saturated rings. The standard InChI is InChI=1S/C11H11N5O4S/c12-14-11-10(2-1-7-13-11)21(19,20)15-8-3-5-9(6-4-8)16(17)18/h1-7,15H,12H2,(H,13,14). The Kier molecular flexibility index (Phi) is 4.00. The summed E-state index contributed by atoms with van der Waals surface area (Å²) in [4.78, 5) is 13.6. The molecule has 0 unspecified atom stereocenters. The quantitative estimate of drug-likeness (QED) is 0.426. The number of anilines is 2. The summed E-state index contributed by atoms with van der Waals surface area (Å²) in [5, 5.41) is 10.5. The summed E-state index contributed by atoms with van der Waals surface area (Å²) in [6, 6.07) is 7.76. The number of hydrogen-bond acceptors (Lipinski definition) is 7. The molecular formula is C11H11N5O4S. The zero-order valence-corrected chi connectivity index (χ0v) is 11.4. The van der Waals surface area contributed by atoms with Crippen LogP contribution in [0.2, 0.25) is 0 Å². The predicted molar refractivity (Wildman–Crippen MR) is 76.0 cm³/mol. The number of nitro benzene ring substituents is 1. The fourth-order valence-corrected chi connectivity index (χ4v) is 2.76. The molecule has 2 rings (SSSR count). The smallest absolute Gasteiger partial charge is 0.269 e. The van der Waals surface area contributed by atoms with Crippen molar-refractivity contribution in [2.24, 2.45) is 5.84 Å². The fraction of sp³-hybridized carbons (Fsp3) is 0. The number of rotatable bonds is 5. The third-order valence-corrected chi connectivity index (χ3v) is 3.94. The number of nitrogens with one attached hydrogen (secondary N) is 2. The van der Waals surface area contributed by atoms with Gasteiger partial charge >= 0.3 is 0 Å². The Labute approximate surface area is 120 Å². The highest BCUT2D eigenvalue weighted by atomic mass is 32.2. The van der Waals surface area contributed by atoms with Gasteiger partial charge in [-0.1, -0.05) is 0 Å². The van der Waals surface area contributed by atoms with Gasteiger partial charge in [0.1, 0.15) is 4.90 Å². The number of sulfonamides is 1. The number of hydrazine groups is 1. The molecule has 0 aliphatic rings. The second-order valence-corrected chi connectivity index (χ2v) is 5.55. The van der Waals surface area contributed by atoms with Crippen LogP contribution in [0, 0.1) is 10.1 Å². The van der Waals surface area contributed by atoms with Crippen molar-refractivity contribution in [1.82, 2.24) is 4.98 Å². The zero-order valence-electron chi connectivity index (χ0n) is 10.6. The van der Waals surface area contributed by atoms with E-state index >= 15 is 0 Å². The number of aromatic nitrogens is 1. The predicted octanol–water partition coefficient (Wildman–Crippen LogP) is 1.08. The van der Waals surface area contributed by atoms with Crippen molar-refractivity contribution in [3.63, 3.8) is 0 Å². The summed E-state index contributed by atoms with van der Waals surface area (Å²) < 4.78 is 26.7. The van der Waals surface area contributed by atoms with Crippen molar-refractivity contribution in [3.05, 3.63) is 52.7 Å². The van der Waals surface area contributed by atoms with Crippen LogP contribution in [0.4, 0.5) is 17.2 Å². The molecule has 2 aromatic rings. The number of hydrogen-bond donors (Lipinski definition) is 3. The average Bonchev–Trinajstić information content (AvgIpc) is 2.47. The molecule has 1 heterocycles. The molecule has 0 saturated heterocycles. The minimum absolute atomic E-state index is 0.00749. The molecule has 9 nitrogen and oxygen atoms in total. The number of nitrogens with zero attached hydrogens (tertiary/aromatic N) is 2. The van der Waals surface area contributed by atoms with Crippen LogP contribution in [0.5, 0.6) is 0 Å². The summed E-state index contributed by atoms with van der Waals surface area (Å²) in [5.41, 5.74) is 2.24. The number of nitro groups is 1. The molecule has 21 heavy (non-hydrogen) atoms. The Bertz CT molecular complexity index is 760. The van der Waals surface area contributed by atoms with E-state index in [-0.39, 0.29) is 22.1 Å². The van der Waals surface area contributed by atoms with Crippen LogP contribution in [-0.2, 0) is 10.0 Å². The molecule has 1 aromatic heterocycles. The minimum atomic E-state index is -3.91. The first-order chi connectivity index (χ1) is 9.94. The summed E-state index contributed by atoms with van der Waals surface area (Å²) in [5.74, 6) is 5.21. The molecule has 4 N–H and O–H groups in total. The highest BCUT2D eigenvalue weighted by Crippen LogP contribution is 2.22. The molecule has 1 aromatic carbocycles. The largest absolute Gasteiger partial charge is 0.307 e. The van der Waals surface area contributed by atoms with E-state index in [1.54, 1.807) is 0 Å². The van der Waals surface area contributed by atoms with Gasteiger partial charge in [0.25, 0.3) is 15.7 Å². The van der Waals surface area contributed by atoms with Gasteiger partial charge in [0.15, 0.2) is 5.82 Å². The van der Waals surface area contributed by atoms with Crippen molar-refractivity contribution in [2.45, 2.75) is 4.90 Å². The highest BCUT2D eigenvalue weighted by Gasteiger charge is 2.19. The molecule has 0 saturated carbocycles. The molecular weight excluding hydrogens is 298 g/mol. The average molecular weight is 309 g/mol. The van der Waals surface area contributed by atoms with Gasteiger partial charge in [-0.2, -0.15) is 0 Å². The van der Waals surface area contributed by atoms with Crippen LogP contribution in [0.1, 0.15) is 0 Å². The van der Waals surface area contributed by atoms with Crippen molar-refractivity contribution in [2.75, 3.05) is 10.1 Å². The molecule has 10 heteroatoms. The van der Waals surface area contributed by atoms with Crippen molar-refractivity contribution >= 4 is 27.2 Å². The maximum atomic E-state index is 12.2. The van der Waals surface area contributed by atoms with Gasteiger partial charge < -0.3 is 5.43 Å². The highest BCUT2D eigenvalue weighted by molar-refractivity contribution is 7.92. The minimum Gasteiger partial charge on any atom is -0.307 e. The van der Waals surface area contributed by atoms with Gasteiger partial charge in [-0.15, -0.1) is 0 Å². The van der Waals surface area contributed by atoms with Crippen LogP contribution >= 0.6 is 0 Å². The number of nitrogen functional groups attached to an aromatic ring is 1. The van der Waals surface area contributed by atoms with E-state index in [1.165, 1.54) is 42.6 Å². The first kappa shape index (κ1) is 14.7. The Morgan fingerprint density at radius 2 is 1.86 bits per heavy atom. The lowest BCUT2D eigenvalue weighted by molar-refractivity contribution is -0.384. The van der Waals surface area contributed by atoms with Crippen LogP contribution in [-0.4, -0.2) is 18.3 Å². The van der Waals surface area contributed by atoms with Crippen LogP contribution in [0.15, 0.2) is 47.5 Å². The van der Waals surface area contributed by atoms with Crippen molar-refractivity contribution in [1.29, 1.82) is 0 Å². The summed E-state index contributed by atoms with van der Waals surface area (Å²) in [6.07, 6.45) is 1.39. The Morgan fingerprint density at radius 1 is 1.19 bits per heavy atom. The second-order valence-electron chi connectivity index (χ2n) is 3.90. The molecule has 110 valence electrons. The van der Waals surface area contributed by atoms with E-state index < -0.39 is 14.9 Å². The monoisotopic (exact) mass is 309 g/mol. The molecule has 0 amide bonds. The lowest BCUT2D eigenvalue weighted by Crippen LogP contribution is -2.18. The molecule has 0 spiro atoms. The Hall–Kier alpha value is -2.72.